The molecule has 0 aliphatic carbocycles. The van der Waals surface area contributed by atoms with Crippen LogP contribution >= 0.6 is 23.1 Å². The van der Waals surface area contributed by atoms with Crippen molar-refractivity contribution in [2.75, 3.05) is 5.73 Å². The highest BCUT2D eigenvalue weighted by Gasteiger charge is 2.12. The van der Waals surface area contributed by atoms with Gasteiger partial charge in [0.2, 0.25) is 0 Å². The summed E-state index contributed by atoms with van der Waals surface area (Å²) in [7, 11) is 0. The summed E-state index contributed by atoms with van der Waals surface area (Å²) in [5.74, 6) is 0. The largest absolute Gasteiger partial charge is 0.398 e. The van der Waals surface area contributed by atoms with Crippen molar-refractivity contribution in [3.05, 3.63) is 57.3 Å². The molecule has 19 heavy (non-hydrogen) atoms. The van der Waals surface area contributed by atoms with Crippen LogP contribution in [0.2, 0.25) is 5.02 Å². The highest BCUT2D eigenvalue weighted by Crippen LogP contribution is 2.28. The molecule has 0 bridgehead atoms. The van der Waals surface area contributed by atoms with Crippen LogP contribution in [0.15, 0.2) is 41.2 Å². The first-order valence-corrected chi connectivity index (χ1v) is 6.90. The molecule has 2 aromatic carbocycles. The summed E-state index contributed by atoms with van der Waals surface area (Å²) in [4.78, 5) is 12.4. The van der Waals surface area contributed by atoms with E-state index in [2.05, 4.69) is 0 Å². The molecule has 0 saturated heterocycles. The first kappa shape index (κ1) is 12.3. The zero-order chi connectivity index (χ0) is 13.6. The predicted octanol–water partition coefficient (Wildman–Crippen LogP) is 3.60. The number of anilines is 1. The van der Waals surface area contributed by atoms with E-state index < -0.39 is 0 Å². The van der Waals surface area contributed by atoms with Crippen molar-refractivity contribution in [1.29, 1.82) is 0 Å². The van der Waals surface area contributed by atoms with Crippen LogP contribution in [0.5, 0.6) is 0 Å². The molecule has 0 unspecified atom stereocenters. The Labute approximate surface area is 119 Å². The second-order valence-electron chi connectivity index (χ2n) is 4.35. The van der Waals surface area contributed by atoms with Gasteiger partial charge < -0.3 is 5.73 Å². The average Bonchev–Trinajstić information content (AvgIpc) is 2.72. The van der Waals surface area contributed by atoms with Gasteiger partial charge in [0.05, 0.1) is 26.5 Å². The molecule has 0 aliphatic rings. The Hall–Kier alpha value is -1.78. The van der Waals surface area contributed by atoms with Crippen molar-refractivity contribution in [1.82, 2.24) is 3.96 Å². The number of nitrogens with two attached hydrogens (primary N) is 1. The Morgan fingerprint density at radius 1 is 1.26 bits per heavy atom. The zero-order valence-corrected chi connectivity index (χ0v) is 11.8. The van der Waals surface area contributed by atoms with Gasteiger partial charge in [-0.2, -0.15) is 0 Å². The molecular formula is C14H11ClN2OS. The van der Waals surface area contributed by atoms with Crippen LogP contribution in [0, 0.1) is 6.92 Å². The third-order valence-electron chi connectivity index (χ3n) is 3.03. The second-order valence-corrected chi connectivity index (χ2v) is 5.74. The van der Waals surface area contributed by atoms with Crippen LogP contribution in [0.1, 0.15) is 5.56 Å². The maximum atomic E-state index is 12.4. The summed E-state index contributed by atoms with van der Waals surface area (Å²) >= 11 is 7.46. The molecule has 0 radical (unpaired) electrons. The van der Waals surface area contributed by atoms with Crippen molar-refractivity contribution in [2.45, 2.75) is 6.92 Å². The summed E-state index contributed by atoms with van der Waals surface area (Å²) < 4.78 is 2.62. The smallest absolute Gasteiger partial charge is 0.273 e. The fourth-order valence-electron chi connectivity index (χ4n) is 2.04. The Bertz CT molecular complexity index is 835. The number of halogens is 1. The zero-order valence-electron chi connectivity index (χ0n) is 10.2. The van der Waals surface area contributed by atoms with Crippen LogP contribution in [0.3, 0.4) is 0 Å². The van der Waals surface area contributed by atoms with Crippen LogP contribution in [0.25, 0.3) is 15.8 Å². The van der Waals surface area contributed by atoms with Crippen molar-refractivity contribution in [3.8, 4) is 5.69 Å². The lowest BCUT2D eigenvalue weighted by Gasteiger charge is -2.07. The minimum absolute atomic E-state index is 0.0236. The van der Waals surface area contributed by atoms with Crippen LogP contribution in [0.4, 0.5) is 5.69 Å². The van der Waals surface area contributed by atoms with Gasteiger partial charge in [0, 0.05) is 0 Å². The summed E-state index contributed by atoms with van der Waals surface area (Å²) in [6, 6.07) is 11.1. The minimum atomic E-state index is -0.0236. The van der Waals surface area contributed by atoms with Gasteiger partial charge >= 0.3 is 0 Å². The summed E-state index contributed by atoms with van der Waals surface area (Å²) in [6.45, 7) is 1.92. The number of rotatable bonds is 1. The van der Waals surface area contributed by atoms with Crippen LogP contribution in [-0.4, -0.2) is 3.96 Å². The second kappa shape index (κ2) is 4.40. The van der Waals surface area contributed by atoms with Gasteiger partial charge in [-0.05, 0) is 36.8 Å². The van der Waals surface area contributed by atoms with Crippen molar-refractivity contribution < 1.29 is 0 Å². The number of aromatic nitrogens is 1. The molecular weight excluding hydrogens is 280 g/mol. The number of nitrogen functional groups attached to an aromatic ring is 1. The summed E-state index contributed by atoms with van der Waals surface area (Å²) in [5, 5.41) is 1.19. The van der Waals surface area contributed by atoms with Crippen molar-refractivity contribution in [3.63, 3.8) is 0 Å². The molecule has 3 aromatic rings. The Morgan fingerprint density at radius 3 is 2.74 bits per heavy atom. The van der Waals surface area contributed by atoms with E-state index in [-0.39, 0.29) is 5.56 Å². The third kappa shape index (κ3) is 1.93. The van der Waals surface area contributed by atoms with Crippen molar-refractivity contribution in [2.24, 2.45) is 0 Å². The van der Waals surface area contributed by atoms with Gasteiger partial charge in [-0.15, -0.1) is 0 Å². The molecule has 0 atom stereocenters. The molecule has 1 heterocycles. The maximum absolute atomic E-state index is 12.4. The highest BCUT2D eigenvalue weighted by atomic mass is 35.5. The topological polar surface area (TPSA) is 48.0 Å². The molecule has 0 saturated carbocycles. The summed E-state index contributed by atoms with van der Waals surface area (Å²) in [5.41, 5.74) is 7.98. The van der Waals surface area contributed by atoms with Gasteiger partial charge in [-0.1, -0.05) is 35.3 Å². The molecule has 0 spiro atoms. The number of nitrogens with zero attached hydrogens (tertiary/aromatic N) is 1. The standard InChI is InChI=1S/C14H11ClN2OS/c1-8-6-11(16)10(15)7-12(8)17-14(18)9-4-2-3-5-13(9)19-17/h2-7H,16H2,1H3. The van der Waals surface area contributed by atoms with E-state index in [0.29, 0.717) is 10.7 Å². The molecule has 3 rings (SSSR count). The minimum Gasteiger partial charge on any atom is -0.398 e. The Kier molecular flexibility index (Phi) is 2.84. The average molecular weight is 291 g/mol. The highest BCUT2D eigenvalue weighted by molar-refractivity contribution is 7.14. The van der Waals surface area contributed by atoms with Crippen molar-refractivity contribution >= 4 is 38.9 Å². The lowest BCUT2D eigenvalue weighted by Crippen LogP contribution is -2.12. The molecule has 0 fully saturated rings. The lowest BCUT2D eigenvalue weighted by molar-refractivity contribution is 1.12. The molecule has 5 heteroatoms. The van der Waals surface area contributed by atoms with Gasteiger partial charge in [-0.25, -0.2) is 3.96 Å². The van der Waals surface area contributed by atoms with E-state index in [9.17, 15) is 4.79 Å². The lowest BCUT2D eigenvalue weighted by atomic mass is 10.2. The summed E-state index contributed by atoms with van der Waals surface area (Å²) in [6.07, 6.45) is 0. The van der Waals surface area contributed by atoms with E-state index in [1.807, 2.05) is 31.2 Å². The van der Waals surface area contributed by atoms with E-state index in [0.717, 1.165) is 21.3 Å². The van der Waals surface area contributed by atoms with Gasteiger partial charge in [-0.3, -0.25) is 4.79 Å². The normalized spacial score (nSPS) is 11.1. The molecule has 3 nitrogen and oxygen atoms in total. The van der Waals surface area contributed by atoms with Gasteiger partial charge in [0.15, 0.2) is 0 Å². The van der Waals surface area contributed by atoms with E-state index in [1.165, 1.54) is 11.5 Å². The number of benzene rings is 2. The van der Waals surface area contributed by atoms with Gasteiger partial charge in [0.25, 0.3) is 5.56 Å². The van der Waals surface area contributed by atoms with Gasteiger partial charge in [0.1, 0.15) is 0 Å². The molecule has 0 aliphatic heterocycles. The number of aryl methyl sites for hydroxylation is 1. The Balaban J connectivity index is 2.34. The third-order valence-corrected chi connectivity index (χ3v) is 4.45. The van der Waals surface area contributed by atoms with E-state index >= 15 is 0 Å². The maximum Gasteiger partial charge on any atom is 0.273 e. The number of fused-ring (bicyclic) bond motifs is 1. The van der Waals surface area contributed by atoms with Crippen LogP contribution in [-0.2, 0) is 0 Å². The molecule has 2 N–H and O–H groups in total. The van der Waals surface area contributed by atoms with Crippen LogP contribution < -0.4 is 11.3 Å². The first-order chi connectivity index (χ1) is 9.08. The molecule has 1 aromatic heterocycles. The SMILES string of the molecule is Cc1cc(N)c(Cl)cc1-n1sc2ccccc2c1=O. The number of hydrogen-bond donors (Lipinski definition) is 1. The first-order valence-electron chi connectivity index (χ1n) is 5.75. The molecule has 0 amide bonds. The Morgan fingerprint density at radius 2 is 2.00 bits per heavy atom. The fraction of sp³-hybridized carbons (Fsp3) is 0.0714. The molecule has 96 valence electrons. The van der Waals surface area contributed by atoms with E-state index in [1.54, 1.807) is 16.1 Å². The quantitative estimate of drug-likeness (QED) is 0.696. The fourth-order valence-corrected chi connectivity index (χ4v) is 3.27. The number of hydrogen-bond acceptors (Lipinski definition) is 3. The predicted molar refractivity (Wildman–Crippen MR) is 81.6 cm³/mol. The van der Waals surface area contributed by atoms with E-state index in [4.69, 9.17) is 17.3 Å². The monoisotopic (exact) mass is 290 g/mol.